The van der Waals surface area contributed by atoms with Gasteiger partial charge in [-0.25, -0.2) is 0 Å². The molecule has 2 aromatic carbocycles. The molecule has 1 heterocycles. The fourth-order valence-electron chi connectivity index (χ4n) is 4.65. The highest BCUT2D eigenvalue weighted by Gasteiger charge is 2.36. The SMILES string of the molecule is Cc1cc(C)c(CC(=O)N[C@H](c2ccc3c(c2)CCO3)C2CC(O)C2)c(C)c1. The molecule has 4 heteroatoms. The highest BCUT2D eigenvalue weighted by Crippen LogP contribution is 2.39. The number of aliphatic hydroxyl groups excluding tert-OH is 1. The van der Waals surface area contributed by atoms with Crippen LogP contribution in [-0.4, -0.2) is 23.7 Å². The van der Waals surface area contributed by atoms with Crippen LogP contribution in [0.4, 0.5) is 0 Å². The topological polar surface area (TPSA) is 58.6 Å². The van der Waals surface area contributed by atoms with Crippen LogP contribution in [0.2, 0.25) is 0 Å². The van der Waals surface area contributed by atoms with E-state index >= 15 is 0 Å². The van der Waals surface area contributed by atoms with Crippen LogP contribution in [0.1, 0.15) is 52.3 Å². The van der Waals surface area contributed by atoms with E-state index in [1.807, 2.05) is 6.07 Å². The minimum absolute atomic E-state index is 0.0400. The monoisotopic (exact) mass is 379 g/mol. The first kappa shape index (κ1) is 19.0. The summed E-state index contributed by atoms with van der Waals surface area (Å²) in [6, 6.07) is 10.4. The number of rotatable bonds is 5. The number of aryl methyl sites for hydroxylation is 3. The number of benzene rings is 2. The van der Waals surface area contributed by atoms with Gasteiger partial charge in [0.2, 0.25) is 5.91 Å². The van der Waals surface area contributed by atoms with Gasteiger partial charge in [-0.3, -0.25) is 4.79 Å². The normalized spacial score (nSPS) is 21.4. The van der Waals surface area contributed by atoms with Crippen LogP contribution >= 0.6 is 0 Å². The first-order chi connectivity index (χ1) is 13.4. The van der Waals surface area contributed by atoms with Crippen molar-refractivity contribution in [3.63, 3.8) is 0 Å². The number of aliphatic hydroxyl groups is 1. The van der Waals surface area contributed by atoms with Gasteiger partial charge in [0, 0.05) is 6.42 Å². The molecule has 2 aliphatic rings. The average Bonchev–Trinajstić information content (AvgIpc) is 3.08. The molecule has 4 nitrogen and oxygen atoms in total. The highest BCUT2D eigenvalue weighted by atomic mass is 16.5. The van der Waals surface area contributed by atoms with Crippen molar-refractivity contribution in [2.45, 2.75) is 58.6 Å². The van der Waals surface area contributed by atoms with Gasteiger partial charge in [-0.15, -0.1) is 0 Å². The molecule has 148 valence electrons. The summed E-state index contributed by atoms with van der Waals surface area (Å²) < 4.78 is 5.62. The van der Waals surface area contributed by atoms with Gasteiger partial charge in [0.15, 0.2) is 0 Å². The van der Waals surface area contributed by atoms with Crippen molar-refractivity contribution in [3.8, 4) is 5.75 Å². The van der Waals surface area contributed by atoms with E-state index in [4.69, 9.17) is 4.74 Å². The lowest BCUT2D eigenvalue weighted by molar-refractivity contribution is -0.122. The number of ether oxygens (including phenoxy) is 1. The molecule has 1 aliphatic heterocycles. The van der Waals surface area contributed by atoms with Gasteiger partial charge in [-0.2, -0.15) is 0 Å². The molecule has 28 heavy (non-hydrogen) atoms. The van der Waals surface area contributed by atoms with Crippen LogP contribution in [0.15, 0.2) is 30.3 Å². The fourth-order valence-corrected chi connectivity index (χ4v) is 4.65. The minimum atomic E-state index is -0.247. The fraction of sp³-hybridized carbons (Fsp3) is 0.458. The standard InChI is InChI=1S/C24H29NO3/c1-14-8-15(2)21(16(3)9-14)13-23(27)25-24(19-11-20(26)12-19)18-4-5-22-17(10-18)6-7-28-22/h4-5,8-10,19-20,24,26H,6-7,11-13H2,1-3H3,(H,25,27)/t19?,20?,24-/m1/s1. The van der Waals surface area contributed by atoms with Crippen molar-refractivity contribution in [3.05, 3.63) is 63.7 Å². The smallest absolute Gasteiger partial charge is 0.224 e. The van der Waals surface area contributed by atoms with E-state index in [0.29, 0.717) is 6.42 Å². The predicted molar refractivity (Wildman–Crippen MR) is 110 cm³/mol. The Labute approximate surface area is 166 Å². The van der Waals surface area contributed by atoms with E-state index in [9.17, 15) is 9.90 Å². The molecule has 2 aromatic rings. The van der Waals surface area contributed by atoms with Crippen molar-refractivity contribution in [1.82, 2.24) is 5.32 Å². The zero-order chi connectivity index (χ0) is 19.8. The van der Waals surface area contributed by atoms with Gasteiger partial charge in [-0.05, 0) is 79.5 Å². The number of fused-ring (bicyclic) bond motifs is 1. The molecule has 1 aliphatic carbocycles. The molecule has 0 aromatic heterocycles. The number of amides is 1. The minimum Gasteiger partial charge on any atom is -0.493 e. The third-order valence-corrected chi connectivity index (χ3v) is 6.19. The number of nitrogens with one attached hydrogen (secondary N) is 1. The van der Waals surface area contributed by atoms with Gasteiger partial charge in [0.05, 0.1) is 25.2 Å². The number of hydrogen-bond donors (Lipinski definition) is 2. The molecule has 1 amide bonds. The Balaban J connectivity index is 1.54. The van der Waals surface area contributed by atoms with Gasteiger partial charge >= 0.3 is 0 Å². The van der Waals surface area contributed by atoms with Crippen molar-refractivity contribution in [2.75, 3.05) is 6.61 Å². The van der Waals surface area contributed by atoms with Crippen molar-refractivity contribution in [1.29, 1.82) is 0 Å². The molecule has 4 rings (SSSR count). The third kappa shape index (κ3) is 3.79. The first-order valence-corrected chi connectivity index (χ1v) is 10.2. The molecule has 0 bridgehead atoms. The van der Waals surface area contributed by atoms with Gasteiger partial charge in [0.25, 0.3) is 0 Å². The zero-order valence-electron chi connectivity index (χ0n) is 16.9. The molecule has 0 spiro atoms. The van der Waals surface area contributed by atoms with Crippen molar-refractivity contribution >= 4 is 5.91 Å². The second-order valence-corrected chi connectivity index (χ2v) is 8.45. The molecule has 0 unspecified atom stereocenters. The summed E-state index contributed by atoms with van der Waals surface area (Å²) in [6.07, 6.45) is 2.53. The third-order valence-electron chi connectivity index (χ3n) is 6.19. The van der Waals surface area contributed by atoms with E-state index in [1.54, 1.807) is 0 Å². The van der Waals surface area contributed by atoms with E-state index in [1.165, 1.54) is 11.1 Å². The Bertz CT molecular complexity index is 876. The second kappa shape index (κ2) is 7.59. The lowest BCUT2D eigenvalue weighted by Crippen LogP contribution is -2.42. The number of hydrogen-bond acceptors (Lipinski definition) is 3. The Hall–Kier alpha value is -2.33. The second-order valence-electron chi connectivity index (χ2n) is 8.45. The summed E-state index contributed by atoms with van der Waals surface area (Å²) in [7, 11) is 0. The number of carbonyl (C=O) groups is 1. The van der Waals surface area contributed by atoms with Gasteiger partial charge in [-0.1, -0.05) is 23.8 Å². The van der Waals surface area contributed by atoms with Crippen LogP contribution in [0, 0.1) is 26.7 Å². The van der Waals surface area contributed by atoms with E-state index in [0.717, 1.165) is 53.9 Å². The van der Waals surface area contributed by atoms with E-state index < -0.39 is 0 Å². The average molecular weight is 380 g/mol. The summed E-state index contributed by atoms with van der Waals surface area (Å²) in [4.78, 5) is 12.9. The quantitative estimate of drug-likeness (QED) is 0.832. The maximum Gasteiger partial charge on any atom is 0.224 e. The van der Waals surface area contributed by atoms with Crippen LogP contribution in [-0.2, 0) is 17.6 Å². The first-order valence-electron chi connectivity index (χ1n) is 10.2. The molecule has 1 fully saturated rings. The maximum absolute atomic E-state index is 12.9. The van der Waals surface area contributed by atoms with Crippen LogP contribution in [0.3, 0.4) is 0 Å². The lowest BCUT2D eigenvalue weighted by Gasteiger charge is -2.38. The Morgan fingerprint density at radius 2 is 1.89 bits per heavy atom. The summed E-state index contributed by atoms with van der Waals surface area (Å²) in [5, 5.41) is 13.1. The van der Waals surface area contributed by atoms with Crippen molar-refractivity contribution < 1.29 is 14.6 Å². The Morgan fingerprint density at radius 3 is 2.57 bits per heavy atom. The largest absolute Gasteiger partial charge is 0.493 e. The highest BCUT2D eigenvalue weighted by molar-refractivity contribution is 5.80. The van der Waals surface area contributed by atoms with E-state index in [2.05, 4.69) is 50.4 Å². The molecule has 0 saturated heterocycles. The van der Waals surface area contributed by atoms with Crippen LogP contribution in [0.5, 0.6) is 5.75 Å². The molecular weight excluding hydrogens is 350 g/mol. The zero-order valence-corrected chi connectivity index (χ0v) is 16.9. The summed E-state index contributed by atoms with van der Waals surface area (Å²) in [5.41, 5.74) is 6.99. The summed E-state index contributed by atoms with van der Waals surface area (Å²) >= 11 is 0. The Kier molecular flexibility index (Phi) is 5.15. The molecule has 0 radical (unpaired) electrons. The Morgan fingerprint density at radius 1 is 1.18 bits per heavy atom. The predicted octanol–water partition coefficient (Wildman–Crippen LogP) is 3.72. The van der Waals surface area contributed by atoms with Crippen LogP contribution < -0.4 is 10.1 Å². The lowest BCUT2D eigenvalue weighted by atomic mass is 9.74. The van der Waals surface area contributed by atoms with Gasteiger partial charge < -0.3 is 15.2 Å². The summed E-state index contributed by atoms with van der Waals surface area (Å²) in [6.45, 7) is 6.95. The molecule has 2 N–H and O–H groups in total. The van der Waals surface area contributed by atoms with E-state index in [-0.39, 0.29) is 24.0 Å². The summed E-state index contributed by atoms with van der Waals surface area (Å²) in [5.74, 6) is 1.27. The molecule has 1 saturated carbocycles. The molecular formula is C24H29NO3. The van der Waals surface area contributed by atoms with Crippen LogP contribution in [0.25, 0.3) is 0 Å². The number of carbonyl (C=O) groups excluding carboxylic acids is 1. The van der Waals surface area contributed by atoms with Crippen molar-refractivity contribution in [2.24, 2.45) is 5.92 Å². The maximum atomic E-state index is 12.9. The molecule has 1 atom stereocenters. The van der Waals surface area contributed by atoms with Gasteiger partial charge in [0.1, 0.15) is 5.75 Å².